The maximum absolute atomic E-state index is 9.35. The molecule has 3 nitrogen and oxygen atoms in total. The predicted octanol–water partition coefficient (Wildman–Crippen LogP) is 0.770. The van der Waals surface area contributed by atoms with Gasteiger partial charge in [0.1, 0.15) is 0 Å². The highest BCUT2D eigenvalue weighted by molar-refractivity contribution is 5.00. The number of terminal acetylenes is 1. The molecule has 0 aromatic carbocycles. The van der Waals surface area contributed by atoms with Crippen LogP contribution in [0.15, 0.2) is 0 Å². The summed E-state index contributed by atoms with van der Waals surface area (Å²) in [6.45, 7) is 6.18. The normalized spacial score (nSPS) is 13.9. The number of hydrogen-bond acceptors (Lipinski definition) is 3. The molecular formula is C9H16O3. The maximum atomic E-state index is 9.35. The minimum atomic E-state index is -1.07. The Bertz CT molecular complexity index is 154. The van der Waals surface area contributed by atoms with Gasteiger partial charge in [0.15, 0.2) is 6.10 Å². The zero-order valence-electron chi connectivity index (χ0n) is 7.83. The third-order valence-electron chi connectivity index (χ3n) is 1.52. The van der Waals surface area contributed by atoms with Gasteiger partial charge in [-0.2, -0.15) is 0 Å². The molecule has 0 saturated carbocycles. The Morgan fingerprint density at radius 3 is 2.08 bits per heavy atom. The Morgan fingerprint density at radius 1 is 1.42 bits per heavy atom. The van der Waals surface area contributed by atoms with Crippen LogP contribution in [0.25, 0.3) is 0 Å². The Morgan fingerprint density at radius 2 is 1.83 bits per heavy atom. The fourth-order valence-electron chi connectivity index (χ4n) is 0.924. The van der Waals surface area contributed by atoms with E-state index in [2.05, 4.69) is 5.92 Å². The molecule has 0 fully saturated rings. The van der Waals surface area contributed by atoms with Crippen molar-refractivity contribution in [2.24, 2.45) is 0 Å². The number of ether oxygens (including phenoxy) is 2. The van der Waals surface area contributed by atoms with Crippen LogP contribution in [0.5, 0.6) is 0 Å². The van der Waals surface area contributed by atoms with Crippen molar-refractivity contribution < 1.29 is 14.6 Å². The highest BCUT2D eigenvalue weighted by Crippen LogP contribution is 2.16. The molecule has 0 saturated heterocycles. The van der Waals surface area contributed by atoms with E-state index in [4.69, 9.17) is 15.9 Å². The summed E-state index contributed by atoms with van der Waals surface area (Å²) < 4.78 is 10.4. The number of aliphatic hydroxyl groups is 1. The molecule has 0 aliphatic carbocycles. The summed E-state index contributed by atoms with van der Waals surface area (Å²) in [6, 6.07) is 0. The van der Waals surface area contributed by atoms with Crippen molar-refractivity contribution in [1.82, 2.24) is 0 Å². The lowest BCUT2D eigenvalue weighted by atomic mass is 10.2. The first-order valence-corrected chi connectivity index (χ1v) is 4.02. The second kappa shape index (κ2) is 5.15. The van der Waals surface area contributed by atoms with Crippen molar-refractivity contribution in [3.8, 4) is 12.3 Å². The smallest absolute Gasteiger partial charge is 0.203 e. The molecule has 0 aromatic heterocycles. The molecule has 0 aliphatic heterocycles. The zero-order chi connectivity index (χ0) is 9.61. The lowest BCUT2D eigenvalue weighted by molar-refractivity contribution is -0.256. The van der Waals surface area contributed by atoms with Crippen molar-refractivity contribution >= 4 is 0 Å². The van der Waals surface area contributed by atoms with Gasteiger partial charge in [-0.3, -0.25) is 0 Å². The molecular weight excluding hydrogens is 156 g/mol. The van der Waals surface area contributed by atoms with E-state index in [1.807, 2.05) is 13.8 Å². The van der Waals surface area contributed by atoms with E-state index in [-0.39, 0.29) is 0 Å². The van der Waals surface area contributed by atoms with Crippen LogP contribution < -0.4 is 0 Å². The quantitative estimate of drug-likeness (QED) is 0.491. The Labute approximate surface area is 73.7 Å². The van der Waals surface area contributed by atoms with Crippen LogP contribution in [0.2, 0.25) is 0 Å². The van der Waals surface area contributed by atoms with Crippen LogP contribution in [0.1, 0.15) is 20.8 Å². The summed E-state index contributed by atoms with van der Waals surface area (Å²) in [5.74, 6) is 1.11. The number of hydrogen-bond donors (Lipinski definition) is 1. The molecule has 0 spiro atoms. The summed E-state index contributed by atoms with van der Waals surface area (Å²) in [5, 5.41) is 9.35. The van der Waals surface area contributed by atoms with E-state index in [1.165, 1.54) is 0 Å². The zero-order valence-corrected chi connectivity index (χ0v) is 7.83. The molecule has 0 amide bonds. The second-order valence-corrected chi connectivity index (χ2v) is 2.45. The summed E-state index contributed by atoms with van der Waals surface area (Å²) in [4.78, 5) is 0. The molecule has 0 radical (unpaired) electrons. The van der Waals surface area contributed by atoms with E-state index in [0.29, 0.717) is 13.2 Å². The Balaban J connectivity index is 4.28. The van der Waals surface area contributed by atoms with Gasteiger partial charge in [-0.05, 0) is 20.8 Å². The van der Waals surface area contributed by atoms with E-state index < -0.39 is 11.9 Å². The molecule has 0 aliphatic rings. The largest absolute Gasteiger partial charge is 0.375 e. The molecule has 0 rings (SSSR count). The molecule has 70 valence electrons. The van der Waals surface area contributed by atoms with Crippen molar-refractivity contribution in [3.63, 3.8) is 0 Å². The Kier molecular flexibility index (Phi) is 4.91. The standard InChI is InChI=1S/C9H16O3/c1-5-8(10)9(4,11-6-2)12-7-3/h1,8,10H,6-7H2,2-4H3. The lowest BCUT2D eigenvalue weighted by Gasteiger charge is -2.30. The predicted molar refractivity (Wildman–Crippen MR) is 46.5 cm³/mol. The summed E-state index contributed by atoms with van der Waals surface area (Å²) >= 11 is 0. The molecule has 3 heteroatoms. The summed E-state index contributed by atoms with van der Waals surface area (Å²) in [5.41, 5.74) is 0. The molecule has 0 heterocycles. The van der Waals surface area contributed by atoms with Gasteiger partial charge in [0.2, 0.25) is 5.79 Å². The van der Waals surface area contributed by atoms with Crippen molar-refractivity contribution in [1.29, 1.82) is 0 Å². The van der Waals surface area contributed by atoms with Gasteiger partial charge in [0.05, 0.1) is 0 Å². The fraction of sp³-hybridized carbons (Fsp3) is 0.778. The molecule has 0 bridgehead atoms. The molecule has 1 N–H and O–H groups in total. The average Bonchev–Trinajstić information content (AvgIpc) is 2.04. The van der Waals surface area contributed by atoms with Gasteiger partial charge in [0.25, 0.3) is 0 Å². The first-order chi connectivity index (χ1) is 5.60. The number of aliphatic hydroxyl groups excluding tert-OH is 1. The first kappa shape index (κ1) is 11.4. The van der Waals surface area contributed by atoms with Gasteiger partial charge in [-0.25, -0.2) is 0 Å². The topological polar surface area (TPSA) is 38.7 Å². The van der Waals surface area contributed by atoms with Gasteiger partial charge in [-0.1, -0.05) is 5.92 Å². The molecule has 1 atom stereocenters. The SMILES string of the molecule is C#CC(O)C(C)(OCC)OCC. The number of rotatable bonds is 5. The maximum Gasteiger partial charge on any atom is 0.203 e. The summed E-state index contributed by atoms with van der Waals surface area (Å²) in [6.07, 6.45) is 4.03. The van der Waals surface area contributed by atoms with Crippen LogP contribution in [0, 0.1) is 12.3 Å². The molecule has 12 heavy (non-hydrogen) atoms. The average molecular weight is 172 g/mol. The third kappa shape index (κ3) is 2.82. The second-order valence-electron chi connectivity index (χ2n) is 2.45. The molecule has 0 aromatic rings. The lowest BCUT2D eigenvalue weighted by Crippen LogP contribution is -2.44. The van der Waals surface area contributed by atoms with Crippen LogP contribution in [0.3, 0.4) is 0 Å². The van der Waals surface area contributed by atoms with Gasteiger partial charge in [0, 0.05) is 13.2 Å². The van der Waals surface area contributed by atoms with Gasteiger partial charge in [-0.15, -0.1) is 6.42 Å². The van der Waals surface area contributed by atoms with E-state index in [1.54, 1.807) is 6.92 Å². The monoisotopic (exact) mass is 172 g/mol. The highest BCUT2D eigenvalue weighted by Gasteiger charge is 2.33. The summed E-state index contributed by atoms with van der Waals surface area (Å²) in [7, 11) is 0. The van der Waals surface area contributed by atoms with E-state index >= 15 is 0 Å². The van der Waals surface area contributed by atoms with Crippen LogP contribution >= 0.6 is 0 Å². The van der Waals surface area contributed by atoms with Crippen molar-refractivity contribution in [2.45, 2.75) is 32.7 Å². The van der Waals surface area contributed by atoms with E-state index in [0.717, 1.165) is 0 Å². The minimum absolute atomic E-state index is 0.454. The van der Waals surface area contributed by atoms with E-state index in [9.17, 15) is 5.11 Å². The van der Waals surface area contributed by atoms with Crippen LogP contribution in [0.4, 0.5) is 0 Å². The molecule has 1 unspecified atom stereocenters. The minimum Gasteiger partial charge on any atom is -0.375 e. The van der Waals surface area contributed by atoms with Crippen molar-refractivity contribution in [2.75, 3.05) is 13.2 Å². The Hall–Kier alpha value is -0.560. The van der Waals surface area contributed by atoms with Crippen LogP contribution in [-0.4, -0.2) is 30.2 Å². The van der Waals surface area contributed by atoms with Crippen LogP contribution in [-0.2, 0) is 9.47 Å². The fourth-order valence-corrected chi connectivity index (χ4v) is 0.924. The highest BCUT2D eigenvalue weighted by atomic mass is 16.7. The van der Waals surface area contributed by atoms with Gasteiger partial charge < -0.3 is 14.6 Å². The third-order valence-corrected chi connectivity index (χ3v) is 1.52. The van der Waals surface area contributed by atoms with Gasteiger partial charge >= 0.3 is 0 Å². The first-order valence-electron chi connectivity index (χ1n) is 4.02. The van der Waals surface area contributed by atoms with Crippen molar-refractivity contribution in [3.05, 3.63) is 0 Å².